The van der Waals surface area contributed by atoms with Gasteiger partial charge in [0.15, 0.2) is 0 Å². The summed E-state index contributed by atoms with van der Waals surface area (Å²) in [5.41, 5.74) is -10.9. The van der Waals surface area contributed by atoms with Gasteiger partial charge in [-0.1, -0.05) is 125 Å². The Balaban J connectivity index is 0.000000212. The molecule has 5 amide bonds. The fraction of sp³-hybridized carbons (Fsp3) is 0.600. The molecular formula is C100H150N30O15. The van der Waals surface area contributed by atoms with Crippen LogP contribution in [0, 0.1) is 0 Å². The van der Waals surface area contributed by atoms with Crippen molar-refractivity contribution in [1.29, 1.82) is 0 Å². The molecule has 45 nitrogen and oxygen atoms in total. The first-order chi connectivity index (χ1) is 85.3. The second-order valence-corrected chi connectivity index (χ2v) is 33.5. The van der Waals surface area contributed by atoms with Gasteiger partial charge in [-0.05, 0) is 147 Å². The summed E-state index contributed by atoms with van der Waals surface area (Å²) in [6.07, 6.45) is -8.79. The lowest BCUT2D eigenvalue weighted by molar-refractivity contribution is -0.129. The first-order valence-electron chi connectivity index (χ1n) is 66.4. The van der Waals surface area contributed by atoms with Crippen molar-refractivity contribution in [2.75, 3.05) is 158 Å². The Morgan fingerprint density at radius 3 is 0.697 bits per heavy atom. The highest BCUT2D eigenvalue weighted by molar-refractivity contribution is 5.97. The SMILES string of the molecule is [2H]C([2H])([2H])OC1(N(C(=O)C([2H])([2H])C([2H])([2H])[2H])c2ccccc2)CCN(CCn2nnn(CC)c2=O)CC1.[2H]c1c([2H])c([2H])c(N(C(=O)C([2H])([2H])C([2H])([2H])[2H])C2(OC)CCN(CCn3nnn(CC)c3=O)CC2)c([2H])c1[2H].[2H]c1c([2H])c([2H])c(N(C(=O)C([2H])([2H])C)C2(OC)CCN(CCn3nnn(CC)c3=O)CC2)c([2H])c1[2H].[2H]c1c([2H])c([2H])c(N(C(=O)CC([2H])([2H])[2H])C2(OC)CCN(CCn3nnn(CC)c3=O)CC2)c([2H])c1[2H].[2H]c1c([2H])c([2H])c(N(C(=O)CC)C2(OC)CCN(CCn3nnn(CC)c3=O)CC2)c([2H])c1[2H]. The predicted octanol–water partition coefficient (Wildman–Crippen LogP) is 6.71. The number of ether oxygens (including phenoxy) is 5. The van der Waals surface area contributed by atoms with Crippen LogP contribution in [-0.4, -0.2) is 315 Å². The third-order valence-corrected chi connectivity index (χ3v) is 25.9. The van der Waals surface area contributed by atoms with E-state index in [0.717, 1.165) is 21.6 Å². The van der Waals surface area contributed by atoms with Crippen molar-refractivity contribution in [3.8, 4) is 0 Å². The van der Waals surface area contributed by atoms with Crippen LogP contribution in [0.5, 0.6) is 0 Å². The minimum absolute atomic E-state index is 0.0228. The Bertz CT molecular complexity index is 7930. The molecule has 0 saturated carbocycles. The van der Waals surface area contributed by atoms with Gasteiger partial charge in [0.05, 0.1) is 64.3 Å². The Morgan fingerprint density at radius 1 is 0.283 bits per heavy atom. The lowest BCUT2D eigenvalue weighted by Crippen LogP contribution is -2.59. The second-order valence-electron chi connectivity index (χ2n) is 33.5. The molecule has 0 N–H and O–H groups in total. The van der Waals surface area contributed by atoms with E-state index in [1.54, 1.807) is 52.8 Å². The van der Waals surface area contributed by atoms with Crippen molar-refractivity contribution in [2.45, 2.75) is 259 Å². The van der Waals surface area contributed by atoms with Crippen LogP contribution in [0.4, 0.5) is 28.4 Å². The number of likely N-dealkylation sites (tertiary alicyclic amines) is 5. The van der Waals surface area contributed by atoms with Crippen molar-refractivity contribution in [1.82, 2.24) is 123 Å². The van der Waals surface area contributed by atoms with Gasteiger partial charge in [0, 0.05) is 312 Å². The normalized spacial score (nSPS) is 21.1. The number of tetrazole rings is 5. The van der Waals surface area contributed by atoms with Gasteiger partial charge >= 0.3 is 28.4 Å². The number of carbonyl (C=O) groups is 5. The molecule has 790 valence electrons. The minimum atomic E-state index is -3.47. The predicted molar refractivity (Wildman–Crippen MR) is 548 cm³/mol. The first kappa shape index (κ1) is 70.2. The van der Waals surface area contributed by atoms with E-state index in [2.05, 4.69) is 57.0 Å². The van der Waals surface area contributed by atoms with Gasteiger partial charge in [-0.3, -0.25) is 48.5 Å². The Hall–Kier alpha value is -12.6. The van der Waals surface area contributed by atoms with Gasteiger partial charge in [-0.15, -0.1) is 0 Å². The topological polar surface area (TPSA) is 427 Å². The monoisotopic (exact) mass is 2050 g/mol. The number of hydrogen-bond acceptors (Lipinski definition) is 30. The molecule has 10 heterocycles. The molecule has 5 fully saturated rings. The number of aryl methyl sites for hydroxylation is 5. The van der Waals surface area contributed by atoms with E-state index in [4.69, 9.17) is 75.8 Å². The molecule has 0 spiro atoms. The van der Waals surface area contributed by atoms with E-state index in [-0.39, 0.29) is 143 Å². The summed E-state index contributed by atoms with van der Waals surface area (Å²) in [7, 11) is 2.40. The lowest BCUT2D eigenvalue weighted by atomic mass is 9.96. The molecule has 0 aliphatic carbocycles. The van der Waals surface area contributed by atoms with Crippen molar-refractivity contribution in [2.24, 2.45) is 0 Å². The Kier molecular flexibility index (Phi) is 26.4. The van der Waals surface area contributed by atoms with Crippen LogP contribution < -0.4 is 52.9 Å². The highest BCUT2D eigenvalue weighted by Crippen LogP contribution is 2.41. The second kappa shape index (κ2) is 54.5. The van der Waals surface area contributed by atoms with Gasteiger partial charge in [0.2, 0.25) is 29.5 Å². The average molecular weight is 2050 g/mol. The van der Waals surface area contributed by atoms with Gasteiger partial charge in [0.1, 0.15) is 28.6 Å². The largest absolute Gasteiger partial charge is 0.363 e. The summed E-state index contributed by atoms with van der Waals surface area (Å²) in [5, 5.41) is 38.2. The zero-order valence-corrected chi connectivity index (χ0v) is 83.1. The summed E-state index contributed by atoms with van der Waals surface area (Å²) in [5.74, 6) is -5.43. The zero-order valence-electron chi connectivity index (χ0n) is 121. The molecule has 45 heteroatoms. The van der Waals surface area contributed by atoms with Gasteiger partial charge < -0.3 is 48.2 Å². The molecule has 10 aromatic rings. The molecule has 15 rings (SSSR count). The molecule has 0 bridgehead atoms. The average Bonchev–Trinajstić information content (AvgIpc) is 1.26. The van der Waals surface area contributed by atoms with E-state index in [1.165, 1.54) is 92.3 Å². The van der Waals surface area contributed by atoms with Gasteiger partial charge in [-0.2, -0.15) is 46.8 Å². The molecule has 5 aromatic heterocycles. The smallest absolute Gasteiger partial charge is 0.358 e. The number of anilines is 5. The van der Waals surface area contributed by atoms with Crippen molar-refractivity contribution >= 4 is 58.0 Å². The Morgan fingerprint density at radius 2 is 0.497 bits per heavy atom. The maximum absolute atomic E-state index is 13.7. The third kappa shape index (κ3) is 27.6. The number of methoxy groups -OCH3 is 5. The quantitative estimate of drug-likeness (QED) is 0.0360. The summed E-state index contributed by atoms with van der Waals surface area (Å²) < 4.78 is 344. The van der Waals surface area contributed by atoms with Crippen LogP contribution >= 0.6 is 0 Å². The molecule has 0 atom stereocenters. The van der Waals surface area contributed by atoms with Crippen LogP contribution in [0.15, 0.2) is 175 Å². The Labute approximate surface area is 900 Å². The number of amides is 5. The van der Waals surface area contributed by atoms with Gasteiger partial charge in [-0.25, -0.2) is 24.0 Å². The first-order valence-corrected chi connectivity index (χ1v) is 47.4. The number of rotatable bonds is 40. The number of nitrogens with zero attached hydrogens (tertiary/aromatic N) is 30. The molecule has 5 aromatic carbocycles. The van der Waals surface area contributed by atoms with E-state index in [9.17, 15) is 47.9 Å². The fourth-order valence-electron chi connectivity index (χ4n) is 17.6. The number of benzene rings is 5. The summed E-state index contributed by atoms with van der Waals surface area (Å²) in [6.45, 7) is 11.2. The zero-order chi connectivity index (χ0) is 137. The molecule has 5 saturated heterocycles. The van der Waals surface area contributed by atoms with E-state index >= 15 is 0 Å². The lowest BCUT2D eigenvalue weighted by Gasteiger charge is -2.47. The van der Waals surface area contributed by atoms with Gasteiger partial charge in [0.25, 0.3) is 0 Å². The molecule has 0 unspecified atom stereocenters. The maximum Gasteiger partial charge on any atom is 0.363 e. The molecule has 145 heavy (non-hydrogen) atoms. The highest BCUT2D eigenvalue weighted by atomic mass is 16.5. The van der Waals surface area contributed by atoms with Crippen LogP contribution in [-0.2, 0) is 113 Å². The van der Waals surface area contributed by atoms with E-state index in [1.807, 2.05) is 26.5 Å². The number of aromatic nitrogens is 20. The molecule has 5 aliphatic rings. The van der Waals surface area contributed by atoms with Crippen LogP contribution in [0.2, 0.25) is 0 Å². The third-order valence-electron chi connectivity index (χ3n) is 25.9. The highest BCUT2D eigenvalue weighted by Gasteiger charge is 2.49. The summed E-state index contributed by atoms with van der Waals surface area (Å²) >= 11 is 0. The maximum atomic E-state index is 13.7. The van der Waals surface area contributed by atoms with E-state index < -0.39 is 249 Å². The van der Waals surface area contributed by atoms with Crippen LogP contribution in [0.1, 0.15) is 217 Å². The van der Waals surface area contributed by atoms with Crippen molar-refractivity contribution in [3.05, 3.63) is 204 Å². The number of carbonyl (C=O) groups excluding carboxylic acids is 5. The molecular weight excluding hydrogens is 1860 g/mol. The van der Waals surface area contributed by atoms with Crippen LogP contribution in [0.25, 0.3) is 0 Å². The minimum Gasteiger partial charge on any atom is -0.358 e. The molecule has 0 radical (unpaired) electrons. The number of para-hydroxylation sites is 5. The number of hydrogen-bond donors (Lipinski definition) is 0. The fourth-order valence-corrected chi connectivity index (χ4v) is 17.6. The molecule has 5 aliphatic heterocycles. The summed E-state index contributed by atoms with van der Waals surface area (Å²) in [4.78, 5) is 142. The van der Waals surface area contributed by atoms with E-state index in [0.29, 0.717) is 136 Å². The standard InChI is InChI=1S/5C20H30N6O3/c5*1-4-18(27)26(17-9-7-6-8-10-17)20(29-3)11-13-23(14-12-20)15-16-25-19(28)24(5-2)21-22-25/h5*6-10H,4-5,11-16H2,1-3H3/i1D3,4D2,6D,7D,8D,9D,10D;4D2,6D,7D,8D,9D,10D;1D3,6D,7D,8D,9D,10D;6D,7D,8D,9D,10D;1D3,3D3,4D2. The van der Waals surface area contributed by atoms with Crippen molar-refractivity contribution in [3.63, 3.8) is 0 Å². The van der Waals surface area contributed by atoms with Crippen LogP contribution in [0.3, 0.4) is 0 Å². The number of piperidine rings is 5. The summed E-state index contributed by atoms with van der Waals surface area (Å²) in [6, 6.07) is -4.79. The van der Waals surface area contributed by atoms with Crippen molar-refractivity contribution < 1.29 is 99.7 Å².